The number of thiophene rings is 1. The number of benzene rings is 20. The number of furan rings is 1. The summed E-state index contributed by atoms with van der Waals surface area (Å²) >= 11 is 1.86. The predicted octanol–water partition coefficient (Wildman–Crippen LogP) is 32.8. The van der Waals surface area contributed by atoms with E-state index < -0.39 is 10.8 Å². The molecular weight excluding hydrogens is 1570 g/mol. The molecule has 128 heavy (non-hydrogen) atoms. The van der Waals surface area contributed by atoms with Crippen LogP contribution < -0.4 is 9.80 Å². The van der Waals surface area contributed by atoms with Gasteiger partial charge in [0.25, 0.3) is 0 Å². The highest BCUT2D eigenvalue weighted by Crippen LogP contribution is 2.60. The van der Waals surface area contributed by atoms with E-state index in [2.05, 4.69) is 492 Å². The van der Waals surface area contributed by atoms with Crippen LogP contribution in [-0.4, -0.2) is 9.13 Å². The van der Waals surface area contributed by atoms with E-state index in [0.29, 0.717) is 0 Å². The number of nitrogens with zero attached hydrogens (tertiary/aromatic N) is 4. The Kier molecular flexibility index (Phi) is 17.6. The summed E-state index contributed by atoms with van der Waals surface area (Å²) in [5.74, 6) is 0. The molecule has 0 bridgehead atoms. The first-order valence-electron chi connectivity index (χ1n) is 44.0. The van der Waals surface area contributed by atoms with Crippen molar-refractivity contribution in [1.29, 1.82) is 0 Å². The number of para-hydroxylation sites is 6. The van der Waals surface area contributed by atoms with E-state index in [0.717, 1.165) is 78.6 Å². The van der Waals surface area contributed by atoms with Crippen LogP contribution in [0, 0.1) is 0 Å². The van der Waals surface area contributed by atoms with Crippen molar-refractivity contribution in [2.45, 2.75) is 10.8 Å². The molecule has 0 spiro atoms. The Morgan fingerprint density at radius 2 is 0.531 bits per heavy atom. The van der Waals surface area contributed by atoms with Crippen molar-refractivity contribution >= 4 is 131 Å². The molecule has 5 nitrogen and oxygen atoms in total. The first-order valence-corrected chi connectivity index (χ1v) is 44.8. The fourth-order valence-electron chi connectivity index (χ4n) is 21.4. The minimum atomic E-state index is -0.522. The second-order valence-corrected chi connectivity index (χ2v) is 34.7. The molecule has 24 aromatic rings. The molecule has 0 saturated heterocycles. The second-order valence-electron chi connectivity index (χ2n) is 33.6. The lowest BCUT2D eigenvalue weighted by atomic mass is 9.67. The largest absolute Gasteiger partial charge is 0.455 e. The first-order chi connectivity index (χ1) is 63.5. The van der Waals surface area contributed by atoms with Crippen LogP contribution in [0.3, 0.4) is 0 Å². The maximum Gasteiger partial charge on any atom is 0.143 e. The molecule has 26 rings (SSSR count). The smallest absolute Gasteiger partial charge is 0.143 e. The lowest BCUT2D eigenvalue weighted by molar-refractivity contribution is 0.670. The van der Waals surface area contributed by atoms with Crippen LogP contribution >= 0.6 is 11.3 Å². The third-order valence-corrected chi connectivity index (χ3v) is 28.1. The van der Waals surface area contributed by atoms with Gasteiger partial charge in [0.1, 0.15) is 11.2 Å². The van der Waals surface area contributed by atoms with Gasteiger partial charge in [0.15, 0.2) is 0 Å². The molecule has 20 aromatic carbocycles. The molecular formula is C122H80N4OS. The van der Waals surface area contributed by atoms with Gasteiger partial charge in [0, 0.05) is 104 Å². The highest BCUT2D eigenvalue weighted by molar-refractivity contribution is 7.25. The summed E-state index contributed by atoms with van der Waals surface area (Å²) in [5, 5.41) is 9.91. The lowest BCUT2D eigenvalue weighted by Gasteiger charge is -2.35. The molecule has 2 aliphatic carbocycles. The van der Waals surface area contributed by atoms with Crippen molar-refractivity contribution in [1.82, 2.24) is 9.13 Å². The first kappa shape index (κ1) is 74.3. The maximum atomic E-state index is 6.50. The van der Waals surface area contributed by atoms with Crippen LogP contribution in [0.15, 0.2) is 490 Å². The maximum absolute atomic E-state index is 6.50. The number of rotatable bonds is 14. The molecule has 0 unspecified atom stereocenters. The fourth-order valence-corrected chi connectivity index (χ4v) is 22.5. The molecule has 600 valence electrons. The van der Waals surface area contributed by atoms with Crippen molar-refractivity contribution in [2.75, 3.05) is 9.80 Å². The summed E-state index contributed by atoms with van der Waals surface area (Å²) in [4.78, 5) is 4.84. The Morgan fingerprint density at radius 3 is 0.984 bits per heavy atom. The molecule has 0 N–H and O–H groups in total. The SMILES string of the molecule is c1ccc(C2(c3ccccc3)c3ccccc3-c3ccc(N(c4ccc(-c5ccc6sc7ccccc7c6c5)cc4)c4ccc(-n5c6ccccc6c6ccccc65)cc4)cc32)cc1.c1ccc(C2(c3ccccc3)c3ccccc3-c3ccc(N(c4ccc(-c5cccc6c5oc5ccccc56)cc4)c4ccc(-n5c6ccccc6c6ccccc65)cc4)cc32)cc1. The van der Waals surface area contributed by atoms with Gasteiger partial charge in [-0.2, -0.15) is 0 Å². The van der Waals surface area contributed by atoms with Crippen LogP contribution in [0.25, 0.3) is 142 Å². The van der Waals surface area contributed by atoms with Gasteiger partial charge in [-0.25, -0.2) is 0 Å². The molecule has 6 heteroatoms. The fraction of sp³-hybridized carbons (Fsp3) is 0.0164. The minimum absolute atomic E-state index is 0.509. The lowest BCUT2D eigenvalue weighted by Crippen LogP contribution is -2.28. The summed E-state index contributed by atoms with van der Waals surface area (Å²) in [6, 6.07) is 178. The van der Waals surface area contributed by atoms with E-state index in [1.54, 1.807) is 0 Å². The Balaban J connectivity index is 0.000000139. The average Bonchev–Trinajstić information content (AvgIpc) is 1.53. The second kappa shape index (κ2) is 30.3. The van der Waals surface area contributed by atoms with Crippen molar-refractivity contribution in [3.8, 4) is 55.9 Å². The highest BCUT2D eigenvalue weighted by atomic mass is 32.1. The number of aromatic nitrogens is 2. The molecule has 4 heterocycles. The molecule has 0 atom stereocenters. The van der Waals surface area contributed by atoms with Gasteiger partial charge >= 0.3 is 0 Å². The number of fused-ring (bicyclic) bond motifs is 18. The van der Waals surface area contributed by atoms with Gasteiger partial charge in [-0.15, -0.1) is 11.3 Å². The standard InChI is InChI=1S/C61H40N2O.C61H40N2S/c1-3-16-42(17-4-1)61(43-18-5-2-6-19-43)55-26-11-7-20-49(55)50-39-38-47(40-56(50)61)62(44-32-30-41(31-33-44)48-24-15-25-54-53-23-10-14-29-59(53)64-60(48)54)45-34-36-46(37-35-45)63-57-27-12-8-21-51(57)52-22-9-13-28-58(52)63;1-3-15-43(16-4-1)61(44-17-5-2-6-18-44)55-23-11-7-19-49(55)50-37-36-48(40-56(50)61)62(45-30-27-41(28-31-45)42-29-38-60-54(39-42)53-22-10-14-26-59(53)64-60)46-32-34-47(35-33-46)63-57-24-12-8-20-51(57)52-21-9-13-25-58(52)63/h2*1-40H. The van der Waals surface area contributed by atoms with Crippen molar-refractivity contribution < 1.29 is 4.42 Å². The van der Waals surface area contributed by atoms with Crippen LogP contribution in [-0.2, 0) is 10.8 Å². The summed E-state index contributed by atoms with van der Waals surface area (Å²) in [6.07, 6.45) is 0. The number of anilines is 6. The third kappa shape index (κ3) is 11.7. The average molecular weight is 1650 g/mol. The zero-order chi connectivity index (χ0) is 84.4. The molecule has 0 fully saturated rings. The van der Waals surface area contributed by atoms with E-state index in [4.69, 9.17) is 4.42 Å². The van der Waals surface area contributed by atoms with E-state index >= 15 is 0 Å². The monoisotopic (exact) mass is 1650 g/mol. The summed E-state index contributed by atoms with van der Waals surface area (Å²) in [6.45, 7) is 0. The topological polar surface area (TPSA) is 29.5 Å². The Labute approximate surface area is 745 Å². The van der Waals surface area contributed by atoms with E-state index in [1.807, 2.05) is 23.5 Å². The Morgan fingerprint density at radius 1 is 0.203 bits per heavy atom. The predicted molar refractivity (Wildman–Crippen MR) is 537 cm³/mol. The highest BCUT2D eigenvalue weighted by Gasteiger charge is 2.48. The summed E-state index contributed by atoms with van der Waals surface area (Å²) < 4.78 is 13.9. The minimum Gasteiger partial charge on any atom is -0.455 e. The van der Waals surface area contributed by atoms with Crippen molar-refractivity contribution in [3.63, 3.8) is 0 Å². The van der Waals surface area contributed by atoms with E-state index in [9.17, 15) is 0 Å². The van der Waals surface area contributed by atoms with Gasteiger partial charge in [0.2, 0.25) is 0 Å². The molecule has 0 amide bonds. The van der Waals surface area contributed by atoms with Crippen molar-refractivity contribution in [3.05, 3.63) is 530 Å². The Bertz CT molecular complexity index is 8220. The molecule has 0 radical (unpaired) electrons. The number of hydrogen-bond acceptors (Lipinski definition) is 4. The van der Waals surface area contributed by atoms with Gasteiger partial charge in [-0.05, 0) is 229 Å². The van der Waals surface area contributed by atoms with Gasteiger partial charge in [0.05, 0.1) is 32.9 Å². The quantitative estimate of drug-likeness (QED) is 0.109. The summed E-state index contributed by atoms with van der Waals surface area (Å²) in [7, 11) is 0. The van der Waals surface area contributed by atoms with Gasteiger partial charge in [-0.3, -0.25) is 0 Å². The van der Waals surface area contributed by atoms with Crippen LogP contribution in [0.4, 0.5) is 34.1 Å². The number of hydrogen-bond donors (Lipinski definition) is 0. The zero-order valence-corrected chi connectivity index (χ0v) is 70.6. The van der Waals surface area contributed by atoms with E-state index in [-0.39, 0.29) is 0 Å². The summed E-state index contributed by atoms with van der Waals surface area (Å²) in [5.41, 5.74) is 34.1. The zero-order valence-electron chi connectivity index (χ0n) is 69.8. The molecule has 0 saturated carbocycles. The van der Waals surface area contributed by atoms with Gasteiger partial charge in [-0.1, -0.05) is 340 Å². The molecule has 0 aliphatic heterocycles. The van der Waals surface area contributed by atoms with Crippen LogP contribution in [0.5, 0.6) is 0 Å². The van der Waals surface area contributed by atoms with Crippen LogP contribution in [0.1, 0.15) is 44.5 Å². The Hall–Kier alpha value is -16.4. The van der Waals surface area contributed by atoms with E-state index in [1.165, 1.54) is 142 Å². The normalized spacial score (nSPS) is 12.8. The third-order valence-electron chi connectivity index (χ3n) is 27.0. The van der Waals surface area contributed by atoms with Gasteiger partial charge < -0.3 is 23.4 Å². The van der Waals surface area contributed by atoms with Crippen LogP contribution in [0.2, 0.25) is 0 Å². The van der Waals surface area contributed by atoms with Crippen molar-refractivity contribution in [2.24, 2.45) is 0 Å². The molecule has 2 aliphatic rings. The molecule has 4 aromatic heterocycles.